The van der Waals surface area contributed by atoms with E-state index in [0.29, 0.717) is 6.61 Å². The SMILES string of the molecule is COC(=O)[C@@H](NC(=O)OC(C)(C)C)[C@H](C)O.C[C@@H](N)[C@@H](CO[Si](C)(C)C(C)(C)C)NC(=O)OC(C)(C)C.C[C@H](N=[N+]=[N-])[C@@H](CO[Si](C)(C)C(C)(C)C)NC(=O)OC(C)(C)C.C[C@H](O)[C@@H](CO)NC(=O)OC(C)(C)C.C[C@H](O)[C@H](N)C(=O)O.C[C@H](O)[C@H](NC(=O)OC(C)(C)C)C(=O)O.C[C@H](OS(C)(=O)=O)[C@@H](CO[Si](C)(C)C(C)(C)C)NC(=O)OC(C)(C)C.[B].[H-].[Na+]. The smallest absolute Gasteiger partial charge is 1.00 e. The molecule has 0 unspecified atom stereocenters. The van der Waals surface area contributed by atoms with E-state index in [9.17, 15) is 56.7 Å². The van der Waals surface area contributed by atoms with Crippen molar-refractivity contribution in [1.29, 1.82) is 0 Å². The Bertz CT molecular complexity index is 3290. The summed E-state index contributed by atoms with van der Waals surface area (Å²) in [6, 6.07) is -6.32. The van der Waals surface area contributed by atoms with E-state index in [0.717, 1.165) is 6.26 Å². The van der Waals surface area contributed by atoms with Crippen LogP contribution in [0.3, 0.4) is 0 Å². The maximum atomic E-state index is 12.1. The summed E-state index contributed by atoms with van der Waals surface area (Å²) < 4.78 is 81.2. The number of carboxylic acid groups (broad SMARTS) is 2. The second kappa shape index (κ2) is 59.0. The van der Waals surface area contributed by atoms with Crippen LogP contribution in [0.4, 0.5) is 28.8 Å². The molecule has 0 aromatic rings. The Hall–Kier alpha value is -5.43. The fourth-order valence-corrected chi connectivity index (χ4v) is 10.9. The Morgan fingerprint density at radius 2 is 0.677 bits per heavy atom. The summed E-state index contributed by atoms with van der Waals surface area (Å²) in [5.41, 5.74) is 15.8. The van der Waals surface area contributed by atoms with Gasteiger partial charge in [0.15, 0.2) is 37.0 Å². The number of carboxylic acids is 2. The summed E-state index contributed by atoms with van der Waals surface area (Å²) >= 11 is 0. The number of nitrogens with two attached hydrogens (primary N) is 2. The predicted octanol–water partition coefficient (Wildman–Crippen LogP) is 7.66. The molecule has 0 aliphatic carbocycles. The van der Waals surface area contributed by atoms with Crippen molar-refractivity contribution in [2.75, 3.05) is 39.8 Å². The first kappa shape index (κ1) is 137. The zero-order valence-electron chi connectivity index (χ0n) is 84.0. The van der Waals surface area contributed by atoms with Gasteiger partial charge in [0, 0.05) is 19.4 Å². The Balaban J connectivity index is -0.000000157. The van der Waals surface area contributed by atoms with Crippen molar-refractivity contribution >= 4 is 98.0 Å². The van der Waals surface area contributed by atoms with Crippen molar-refractivity contribution < 1.29 is 169 Å². The van der Waals surface area contributed by atoms with Gasteiger partial charge in [-0.05, 0) is 226 Å². The van der Waals surface area contributed by atoms with Crippen LogP contribution in [0.1, 0.15) is 237 Å². The average molecular weight is 1870 g/mol. The number of alkyl carbamates (subject to hydrolysis) is 6. The van der Waals surface area contributed by atoms with Crippen LogP contribution in [-0.4, -0.2) is 290 Å². The number of amides is 6. The minimum absolute atomic E-state index is 0. The van der Waals surface area contributed by atoms with Gasteiger partial charge in [-0.2, -0.15) is 8.42 Å². The molecule has 0 fully saturated rings. The van der Waals surface area contributed by atoms with Gasteiger partial charge in [0.25, 0.3) is 10.1 Å². The van der Waals surface area contributed by atoms with E-state index in [1.807, 2.05) is 27.7 Å². The molecule has 0 aliphatic heterocycles. The summed E-state index contributed by atoms with van der Waals surface area (Å²) in [5, 5.41) is 80.3. The van der Waals surface area contributed by atoms with Crippen LogP contribution in [0.15, 0.2) is 5.11 Å². The first-order valence-corrected chi connectivity index (χ1v) is 50.5. The van der Waals surface area contributed by atoms with E-state index in [4.69, 9.17) is 93.5 Å². The molecule has 0 heterocycles. The van der Waals surface area contributed by atoms with Crippen LogP contribution in [0, 0.1) is 0 Å². The van der Waals surface area contributed by atoms with E-state index < -0.39 is 196 Å². The second-order valence-electron chi connectivity index (χ2n) is 39.7. The number of methoxy groups -OCH3 is 1. The third kappa shape index (κ3) is 73.5. The zero-order chi connectivity index (χ0) is 99.0. The van der Waals surface area contributed by atoms with E-state index >= 15 is 0 Å². The normalized spacial score (nSPS) is 15.6. The van der Waals surface area contributed by atoms with Crippen molar-refractivity contribution in [3.05, 3.63) is 10.4 Å². The van der Waals surface area contributed by atoms with Crippen LogP contribution in [-0.2, 0) is 75.1 Å². The Morgan fingerprint density at radius 3 is 0.879 bits per heavy atom. The number of esters is 1. The van der Waals surface area contributed by atoms with Crippen molar-refractivity contribution in [2.45, 2.75) is 408 Å². The molecule has 0 bridgehead atoms. The number of aliphatic hydroxyl groups is 5. The molecule has 0 aromatic heterocycles. The van der Waals surface area contributed by atoms with Gasteiger partial charge in [0.2, 0.25) is 0 Å². The second-order valence-corrected chi connectivity index (χ2v) is 55.7. The Morgan fingerprint density at radius 1 is 0.427 bits per heavy atom. The number of hydrogen-bond donors (Lipinski definition) is 15. The minimum Gasteiger partial charge on any atom is -1.00 e. The summed E-state index contributed by atoms with van der Waals surface area (Å²) in [6.45, 7) is 74.7. The molecule has 0 aliphatic rings. The third-order valence-electron chi connectivity index (χ3n) is 17.1. The zero-order valence-corrected chi connectivity index (χ0v) is 88.8. The van der Waals surface area contributed by atoms with Crippen molar-refractivity contribution in [1.82, 2.24) is 31.9 Å². The van der Waals surface area contributed by atoms with Gasteiger partial charge >= 0.3 is 84.0 Å². The van der Waals surface area contributed by atoms with Crippen LogP contribution in [0.5, 0.6) is 0 Å². The maximum Gasteiger partial charge on any atom is 1.00 e. The first-order chi connectivity index (χ1) is 53.8. The fourth-order valence-electron chi connectivity index (χ4n) is 7.09. The number of aliphatic hydroxyl groups excluding tert-OH is 5. The van der Waals surface area contributed by atoms with Crippen molar-refractivity contribution in [3.8, 4) is 0 Å². The molecular weight excluding hydrogens is 1710 g/mol. The summed E-state index contributed by atoms with van der Waals surface area (Å²) in [6.07, 6.45) is -7.76. The van der Waals surface area contributed by atoms with Crippen LogP contribution < -0.4 is 72.9 Å². The molecule has 0 spiro atoms. The average Bonchev–Trinajstić information content (AvgIpc) is 0.837. The van der Waals surface area contributed by atoms with Crippen molar-refractivity contribution in [3.63, 3.8) is 0 Å². The molecular formula is C78H166BN11NaO29SSi3. The molecule has 3 radical (unpaired) electrons. The van der Waals surface area contributed by atoms with Crippen LogP contribution in [0.25, 0.3) is 10.4 Å². The Kier molecular flexibility index (Phi) is 64.9. The fraction of sp³-hybridized carbons (Fsp3) is 0.885. The molecule has 14 atom stereocenters. The van der Waals surface area contributed by atoms with Crippen LogP contribution >= 0.6 is 0 Å². The number of aliphatic carboxylic acids is 2. The molecule has 17 N–H and O–H groups in total. The molecule has 6 amide bonds. The number of azide groups is 1. The van der Waals surface area contributed by atoms with E-state index in [1.54, 1.807) is 118 Å². The van der Waals surface area contributed by atoms with Gasteiger partial charge < -0.3 is 127 Å². The molecule has 0 rings (SSSR count). The van der Waals surface area contributed by atoms with Crippen molar-refractivity contribution in [2.24, 2.45) is 16.6 Å². The van der Waals surface area contributed by atoms with Gasteiger partial charge in [0.05, 0.1) is 101 Å². The number of ether oxygens (including phenoxy) is 7. The number of nitrogens with zero attached hydrogens (tertiary/aromatic N) is 3. The summed E-state index contributed by atoms with van der Waals surface area (Å²) in [4.78, 5) is 104. The van der Waals surface area contributed by atoms with Gasteiger partial charge in [-0.15, -0.1) is 0 Å². The molecule has 124 heavy (non-hydrogen) atoms. The van der Waals surface area contributed by atoms with Gasteiger partial charge in [-0.3, -0.25) is 8.98 Å². The quantitative estimate of drug-likeness (QED) is 0.00649. The monoisotopic (exact) mass is 1870 g/mol. The standard InChI is InChI=1S/C16H35NO6SSi.C15H32N4O3Si.C15H34N2O3Si.C10H19NO5.C9H17NO5.C9H19NO4.C4H9NO3.B.Na.H/c1-12(23-24(8,19)20)13(17-14(18)22-15(2,3)4)11-21-25(9,10)16(5,6)7;1-11(18-19-16)12(17-13(20)22-14(2,3)4)10-21-23(8,9)15(5,6)7;1-11(16)12(17-13(18)20-14(2,3)4)10-19-21(8,9)15(5,6)7;1-6(12)7(8(13)15-5)11-9(14)16-10(2,3)4;1-5(11)6(7(12)13)10-8(14)15-9(2,3)4;1-6(12)7(5-11)10-8(13)14-9(2,3)4;1-2(6)3(5)4(7)8;;;/h12-13H,11H2,1-10H3,(H,17,18);11-12H,10H2,1-9H3,(H,17,20);11-12H,10,16H2,1-9H3,(H,17,18);6-7,12H,1-5H3,(H,11,14);5-6,11H,1-4H3,(H,10,14)(H,12,13);6-7,11-12H,5H2,1-4H3,(H,10,13);2-3,6H,5H2,1H3,(H,7,8);;;/q;;;;;;;;+1;-1/t12-,13+;11-,12+;11-,12-;6-,7-;5-,6-;6-,7+;2-,3-;;;/m0010000.../s1. The topological polar surface area (TPSA) is 604 Å². The first-order valence-electron chi connectivity index (χ1n) is 40.0. The number of carbonyl (C=O) groups excluding carboxylic acids is 7. The number of carbonyl (C=O) groups is 9. The number of nitrogens with one attached hydrogen (secondary N) is 6. The van der Waals surface area contributed by atoms with E-state index in [-0.39, 0.29) is 86.4 Å². The number of rotatable bonds is 29. The molecule has 0 saturated heterocycles. The molecule has 46 heteroatoms. The molecule has 0 aromatic carbocycles. The predicted molar refractivity (Wildman–Crippen MR) is 482 cm³/mol. The third-order valence-corrected chi connectivity index (χ3v) is 31.2. The largest absolute Gasteiger partial charge is 1.00 e. The van der Waals surface area contributed by atoms with E-state index in [2.05, 4.69) is 148 Å². The van der Waals surface area contributed by atoms with Gasteiger partial charge in [0.1, 0.15) is 39.6 Å². The summed E-state index contributed by atoms with van der Waals surface area (Å²) in [5.74, 6) is -3.21. The summed E-state index contributed by atoms with van der Waals surface area (Å²) in [7, 11) is -8.37. The van der Waals surface area contributed by atoms with Crippen LogP contribution in [0.2, 0.25) is 54.4 Å². The molecule has 0 saturated carbocycles. The molecule has 729 valence electrons. The minimum atomic E-state index is -3.66. The molecule has 40 nitrogen and oxygen atoms in total. The van der Waals surface area contributed by atoms with Gasteiger partial charge in [-0.1, -0.05) is 74.4 Å². The Labute approximate surface area is 769 Å². The van der Waals surface area contributed by atoms with Gasteiger partial charge in [-0.25, -0.2) is 38.4 Å². The number of hydrogen-bond acceptors (Lipinski definition) is 30. The maximum absolute atomic E-state index is 12.1. The van der Waals surface area contributed by atoms with E-state index in [1.165, 1.54) is 34.8 Å².